The molecule has 2 heterocycles. The van der Waals surface area contributed by atoms with Crippen LogP contribution in [0.15, 0.2) is 59.8 Å². The first-order valence-corrected chi connectivity index (χ1v) is 16.8. The van der Waals surface area contributed by atoms with Crippen LogP contribution < -0.4 is 24.8 Å². The Kier molecular flexibility index (Phi) is 10.8. The number of para-hydroxylation sites is 1. The van der Waals surface area contributed by atoms with Gasteiger partial charge in [0, 0.05) is 5.56 Å². The second-order valence-corrected chi connectivity index (χ2v) is 12.0. The average Bonchev–Trinajstić information content (AvgIpc) is 3.65. The Morgan fingerprint density at radius 1 is 0.913 bits per heavy atom. The molecule has 0 fully saturated rings. The van der Waals surface area contributed by atoms with Gasteiger partial charge in [0.2, 0.25) is 11.7 Å². The molecule has 2 N–H and O–H groups in total. The number of anilines is 1. The lowest BCUT2D eigenvalue weighted by molar-refractivity contribution is -0.113. The quantitative estimate of drug-likeness (QED) is 0.131. The number of benzene rings is 3. The molecule has 5 aromatic rings. The largest absolute Gasteiger partial charge is 0.490 e. The van der Waals surface area contributed by atoms with E-state index in [1.807, 2.05) is 81.7 Å². The number of nitrogens with one attached hydrogen (secondary N) is 2. The number of hydrogen-bond acceptors (Lipinski definition) is 10. The van der Waals surface area contributed by atoms with Gasteiger partial charge in [-0.1, -0.05) is 47.4 Å². The summed E-state index contributed by atoms with van der Waals surface area (Å²) in [6.45, 7) is 10.9. The van der Waals surface area contributed by atoms with Crippen LogP contribution in [0.25, 0.3) is 15.9 Å². The lowest BCUT2D eigenvalue weighted by Gasteiger charge is -2.17. The number of carbonyl (C=O) groups is 2. The molecule has 0 aliphatic rings. The molecule has 0 saturated heterocycles. The van der Waals surface area contributed by atoms with Gasteiger partial charge in [-0.05, 0) is 76.1 Å². The minimum Gasteiger partial charge on any atom is -0.490 e. The fourth-order valence-corrected chi connectivity index (χ4v) is 6.37. The maximum absolute atomic E-state index is 13.4. The van der Waals surface area contributed by atoms with E-state index in [-0.39, 0.29) is 24.1 Å². The van der Waals surface area contributed by atoms with Gasteiger partial charge in [-0.15, -0.1) is 10.2 Å². The van der Waals surface area contributed by atoms with Gasteiger partial charge in [-0.2, -0.15) is 0 Å². The molecule has 3 aromatic carbocycles. The SMILES string of the molecule is CCOc1cc(C(=O)NCc2nnc(SCC(=O)Nc3nc4ccccc4s3)n2-c2cccc(C)c2C)cc(OCC)c1OCC. The standard InChI is InChI=1S/C33H36N6O5S2/c1-6-42-25-16-22(17-26(43-7-2)30(25)44-8-3)31(41)34-18-28-37-38-33(39(28)24-14-11-12-20(4)21(24)5)45-19-29(40)36-32-35-23-13-9-10-15-27(23)46-32/h9-17H,6-8,18-19H2,1-5H3,(H,34,41)(H,35,36,40). The highest BCUT2D eigenvalue weighted by Gasteiger charge is 2.21. The van der Waals surface area contributed by atoms with Crippen molar-refractivity contribution >= 4 is 50.3 Å². The smallest absolute Gasteiger partial charge is 0.251 e. The fourth-order valence-electron chi connectivity index (χ4n) is 4.72. The minimum absolute atomic E-state index is 0.0822. The third-order valence-electron chi connectivity index (χ3n) is 6.97. The molecular weight excluding hydrogens is 625 g/mol. The van der Waals surface area contributed by atoms with Crippen LogP contribution >= 0.6 is 23.1 Å². The second-order valence-electron chi connectivity index (χ2n) is 10.1. The van der Waals surface area contributed by atoms with Crippen LogP contribution in [0.1, 0.15) is 48.1 Å². The van der Waals surface area contributed by atoms with Gasteiger partial charge >= 0.3 is 0 Å². The Morgan fingerprint density at radius 2 is 1.63 bits per heavy atom. The molecule has 13 heteroatoms. The average molecular weight is 661 g/mol. The molecule has 0 aliphatic carbocycles. The van der Waals surface area contributed by atoms with Gasteiger partial charge in [0.1, 0.15) is 0 Å². The van der Waals surface area contributed by atoms with Gasteiger partial charge in [0.25, 0.3) is 5.91 Å². The molecule has 0 unspecified atom stereocenters. The molecule has 11 nitrogen and oxygen atoms in total. The number of ether oxygens (including phenoxy) is 3. The van der Waals surface area contributed by atoms with E-state index in [0.717, 1.165) is 27.0 Å². The molecule has 2 amide bonds. The molecule has 5 rings (SSSR count). The van der Waals surface area contributed by atoms with Gasteiger partial charge < -0.3 is 24.8 Å². The maximum Gasteiger partial charge on any atom is 0.251 e. The summed E-state index contributed by atoms with van der Waals surface area (Å²) in [4.78, 5) is 30.9. The first-order chi connectivity index (χ1) is 22.3. The fraction of sp³-hybridized carbons (Fsp3) is 0.303. The highest BCUT2D eigenvalue weighted by atomic mass is 32.2. The summed E-state index contributed by atoms with van der Waals surface area (Å²) in [6.07, 6.45) is 0. The number of amides is 2. The first kappa shape index (κ1) is 32.8. The van der Waals surface area contributed by atoms with Crippen molar-refractivity contribution in [3.8, 4) is 22.9 Å². The van der Waals surface area contributed by atoms with E-state index in [2.05, 4.69) is 25.8 Å². The number of aryl methyl sites for hydroxylation is 1. The number of nitrogens with zero attached hydrogens (tertiary/aromatic N) is 4. The number of fused-ring (bicyclic) bond motifs is 1. The number of aromatic nitrogens is 4. The van der Waals surface area contributed by atoms with Crippen LogP contribution in [0.4, 0.5) is 5.13 Å². The number of carbonyl (C=O) groups excluding carboxylic acids is 2. The van der Waals surface area contributed by atoms with Gasteiger partial charge in [-0.25, -0.2) is 4.98 Å². The molecule has 0 bridgehead atoms. The Balaban J connectivity index is 1.37. The molecule has 46 heavy (non-hydrogen) atoms. The van der Waals surface area contributed by atoms with Crippen LogP contribution in [0.3, 0.4) is 0 Å². The normalized spacial score (nSPS) is 11.0. The van der Waals surface area contributed by atoms with E-state index in [1.54, 1.807) is 12.1 Å². The molecule has 0 saturated carbocycles. The number of thioether (sulfide) groups is 1. The summed E-state index contributed by atoms with van der Waals surface area (Å²) in [7, 11) is 0. The van der Waals surface area contributed by atoms with Crippen molar-refractivity contribution in [1.29, 1.82) is 0 Å². The lowest BCUT2D eigenvalue weighted by Crippen LogP contribution is -2.25. The second kappa shape index (κ2) is 15.1. The first-order valence-electron chi connectivity index (χ1n) is 15.0. The number of rotatable bonds is 14. The van der Waals surface area contributed by atoms with Crippen molar-refractivity contribution in [1.82, 2.24) is 25.1 Å². The van der Waals surface area contributed by atoms with E-state index in [0.29, 0.717) is 58.7 Å². The van der Waals surface area contributed by atoms with E-state index >= 15 is 0 Å². The third-order valence-corrected chi connectivity index (χ3v) is 8.85. The van der Waals surface area contributed by atoms with Crippen molar-refractivity contribution < 1.29 is 23.8 Å². The van der Waals surface area contributed by atoms with Crippen molar-refractivity contribution in [2.45, 2.75) is 46.3 Å². The van der Waals surface area contributed by atoms with Crippen molar-refractivity contribution in [3.05, 3.63) is 77.1 Å². The Hall–Kier alpha value is -4.62. The van der Waals surface area contributed by atoms with Gasteiger partial charge in [0.05, 0.1) is 48.0 Å². The summed E-state index contributed by atoms with van der Waals surface area (Å²) in [5.74, 6) is 1.38. The zero-order valence-electron chi connectivity index (χ0n) is 26.4. The van der Waals surface area contributed by atoms with E-state index in [9.17, 15) is 9.59 Å². The Bertz CT molecular complexity index is 1790. The zero-order chi connectivity index (χ0) is 32.6. The van der Waals surface area contributed by atoms with Crippen LogP contribution in [0.2, 0.25) is 0 Å². The Labute approximate surface area is 275 Å². The molecule has 0 atom stereocenters. The van der Waals surface area contributed by atoms with Crippen molar-refractivity contribution in [3.63, 3.8) is 0 Å². The summed E-state index contributed by atoms with van der Waals surface area (Å²) >= 11 is 2.68. The summed E-state index contributed by atoms with van der Waals surface area (Å²) in [5.41, 5.74) is 4.18. The van der Waals surface area contributed by atoms with E-state index in [1.165, 1.54) is 23.1 Å². The van der Waals surface area contributed by atoms with E-state index < -0.39 is 0 Å². The topological polar surface area (TPSA) is 129 Å². The van der Waals surface area contributed by atoms with Crippen molar-refractivity contribution in [2.24, 2.45) is 0 Å². The minimum atomic E-state index is -0.343. The predicted octanol–water partition coefficient (Wildman–Crippen LogP) is 6.35. The molecular formula is C33H36N6O5S2. The molecule has 0 radical (unpaired) electrons. The zero-order valence-corrected chi connectivity index (χ0v) is 28.0. The van der Waals surface area contributed by atoms with Crippen LogP contribution in [0, 0.1) is 13.8 Å². The maximum atomic E-state index is 13.4. The van der Waals surface area contributed by atoms with Gasteiger partial charge in [-0.3, -0.25) is 14.2 Å². The molecule has 0 spiro atoms. The van der Waals surface area contributed by atoms with E-state index in [4.69, 9.17) is 14.2 Å². The monoisotopic (exact) mass is 660 g/mol. The van der Waals surface area contributed by atoms with Crippen LogP contribution in [-0.4, -0.2) is 57.1 Å². The van der Waals surface area contributed by atoms with Crippen LogP contribution in [0.5, 0.6) is 17.2 Å². The number of thiazole rings is 1. The molecule has 0 aliphatic heterocycles. The molecule has 2 aromatic heterocycles. The van der Waals surface area contributed by atoms with Crippen molar-refractivity contribution in [2.75, 3.05) is 30.9 Å². The summed E-state index contributed by atoms with van der Waals surface area (Å²) in [5, 5.41) is 15.7. The summed E-state index contributed by atoms with van der Waals surface area (Å²) in [6, 6.07) is 17.0. The summed E-state index contributed by atoms with van der Waals surface area (Å²) < 4.78 is 20.2. The van der Waals surface area contributed by atoms with Crippen LogP contribution in [-0.2, 0) is 11.3 Å². The number of hydrogen-bond donors (Lipinski definition) is 2. The Morgan fingerprint density at radius 3 is 2.33 bits per heavy atom. The highest BCUT2D eigenvalue weighted by molar-refractivity contribution is 7.99. The lowest BCUT2D eigenvalue weighted by atomic mass is 10.1. The molecule has 240 valence electrons. The highest BCUT2D eigenvalue weighted by Crippen LogP contribution is 2.39. The van der Waals surface area contributed by atoms with Gasteiger partial charge in [0.15, 0.2) is 27.6 Å². The third kappa shape index (κ3) is 7.43. The predicted molar refractivity (Wildman–Crippen MR) is 181 cm³/mol.